The second kappa shape index (κ2) is 5.17. The van der Waals surface area contributed by atoms with Crippen LogP contribution in [0.5, 0.6) is 0 Å². The molecule has 0 bridgehead atoms. The number of hydrogen-bond acceptors (Lipinski definition) is 2. The van der Waals surface area contributed by atoms with Gasteiger partial charge in [-0.25, -0.2) is 4.39 Å². The van der Waals surface area contributed by atoms with Crippen molar-refractivity contribution in [3.05, 3.63) is 29.6 Å². The van der Waals surface area contributed by atoms with Crippen molar-refractivity contribution in [1.29, 1.82) is 0 Å². The maximum atomic E-state index is 13.5. The second-order valence-corrected chi connectivity index (χ2v) is 4.08. The Kier molecular flexibility index (Phi) is 4.24. The SMILES string of the molecule is CC(=O)Nc1ccc(C(O)(C(F)(F)F)C(F)(F)F)c(F)c1. The average molecular weight is 319 g/mol. The first-order valence-corrected chi connectivity index (χ1v) is 5.24. The molecule has 0 spiro atoms. The van der Waals surface area contributed by atoms with E-state index in [9.17, 15) is 35.5 Å². The summed E-state index contributed by atoms with van der Waals surface area (Å²) in [6.07, 6.45) is -12.4. The number of anilines is 1. The Morgan fingerprint density at radius 2 is 1.57 bits per heavy atom. The largest absolute Gasteiger partial charge is 0.430 e. The monoisotopic (exact) mass is 319 g/mol. The van der Waals surface area contributed by atoms with Gasteiger partial charge in [-0.2, -0.15) is 26.3 Å². The lowest BCUT2D eigenvalue weighted by molar-refractivity contribution is -0.377. The molecule has 1 amide bonds. The van der Waals surface area contributed by atoms with E-state index in [1.807, 2.05) is 5.32 Å². The van der Waals surface area contributed by atoms with E-state index in [4.69, 9.17) is 5.11 Å². The average Bonchev–Trinajstić information content (AvgIpc) is 2.24. The molecular weight excluding hydrogens is 311 g/mol. The van der Waals surface area contributed by atoms with Crippen molar-refractivity contribution in [2.24, 2.45) is 0 Å². The molecule has 0 heterocycles. The molecule has 0 aliphatic carbocycles. The molecule has 0 fully saturated rings. The molecule has 2 N–H and O–H groups in total. The summed E-state index contributed by atoms with van der Waals surface area (Å²) in [7, 11) is 0. The first kappa shape index (κ1) is 17.2. The summed E-state index contributed by atoms with van der Waals surface area (Å²) in [5.41, 5.74) is -7.70. The van der Waals surface area contributed by atoms with Crippen molar-refractivity contribution >= 4 is 11.6 Å². The zero-order valence-electron chi connectivity index (χ0n) is 10.2. The summed E-state index contributed by atoms with van der Waals surface area (Å²) >= 11 is 0. The zero-order valence-corrected chi connectivity index (χ0v) is 10.2. The van der Waals surface area contributed by atoms with Crippen molar-refractivity contribution < 1.29 is 40.6 Å². The van der Waals surface area contributed by atoms with Crippen molar-refractivity contribution in [3.8, 4) is 0 Å². The number of halogens is 7. The fourth-order valence-corrected chi connectivity index (χ4v) is 1.56. The van der Waals surface area contributed by atoms with Crippen molar-refractivity contribution in [1.82, 2.24) is 0 Å². The molecule has 0 radical (unpaired) electrons. The van der Waals surface area contributed by atoms with Gasteiger partial charge in [-0.15, -0.1) is 0 Å². The van der Waals surface area contributed by atoms with Gasteiger partial charge in [-0.05, 0) is 12.1 Å². The maximum Gasteiger partial charge on any atom is 0.430 e. The Morgan fingerprint density at radius 1 is 1.10 bits per heavy atom. The van der Waals surface area contributed by atoms with E-state index in [1.54, 1.807) is 0 Å². The summed E-state index contributed by atoms with van der Waals surface area (Å²) in [5.74, 6) is -2.66. The third-order valence-electron chi connectivity index (χ3n) is 2.50. The normalized spacial score (nSPS) is 13.2. The highest BCUT2D eigenvalue weighted by Crippen LogP contribution is 2.50. The molecule has 1 aromatic rings. The highest BCUT2D eigenvalue weighted by Gasteiger charge is 2.72. The number of carbonyl (C=O) groups excluding carboxylic acids is 1. The number of benzene rings is 1. The van der Waals surface area contributed by atoms with Crippen LogP contribution in [0, 0.1) is 5.82 Å². The van der Waals surface area contributed by atoms with Gasteiger partial charge >= 0.3 is 12.4 Å². The molecule has 0 saturated carbocycles. The zero-order chi connectivity index (χ0) is 16.6. The number of carbonyl (C=O) groups is 1. The van der Waals surface area contributed by atoms with Gasteiger partial charge in [0.15, 0.2) is 0 Å². The van der Waals surface area contributed by atoms with Crippen LogP contribution >= 0.6 is 0 Å². The van der Waals surface area contributed by atoms with Crippen molar-refractivity contribution in [2.75, 3.05) is 5.32 Å². The van der Waals surface area contributed by atoms with E-state index in [0.29, 0.717) is 6.07 Å². The highest BCUT2D eigenvalue weighted by atomic mass is 19.4. The predicted molar refractivity (Wildman–Crippen MR) is 56.7 cm³/mol. The number of amides is 1. The predicted octanol–water partition coefficient (Wildman–Crippen LogP) is 3.10. The maximum absolute atomic E-state index is 13.5. The molecule has 10 heteroatoms. The summed E-state index contributed by atoms with van der Waals surface area (Å²) in [6, 6.07) is 0.975. The Morgan fingerprint density at radius 3 is 1.90 bits per heavy atom. The van der Waals surface area contributed by atoms with Gasteiger partial charge in [-0.3, -0.25) is 4.79 Å². The fourth-order valence-electron chi connectivity index (χ4n) is 1.56. The summed E-state index contributed by atoms with van der Waals surface area (Å²) in [5, 5.41) is 11.0. The molecular formula is C11H8F7NO2. The van der Waals surface area contributed by atoms with Crippen molar-refractivity contribution in [2.45, 2.75) is 24.9 Å². The van der Waals surface area contributed by atoms with Crippen LogP contribution in [0.1, 0.15) is 12.5 Å². The molecule has 0 aliphatic heterocycles. The molecule has 0 unspecified atom stereocenters. The van der Waals surface area contributed by atoms with E-state index in [-0.39, 0.29) is 17.8 Å². The summed E-state index contributed by atoms with van der Waals surface area (Å²) in [4.78, 5) is 10.7. The number of rotatable bonds is 2. The van der Waals surface area contributed by atoms with Crippen LogP contribution < -0.4 is 5.32 Å². The number of aliphatic hydroxyl groups is 1. The Hall–Kier alpha value is -1.84. The molecule has 0 aromatic heterocycles. The fraction of sp³-hybridized carbons (Fsp3) is 0.364. The molecule has 0 aliphatic rings. The molecule has 118 valence electrons. The standard InChI is InChI=1S/C11H8F7NO2/c1-5(20)19-6-2-3-7(8(12)4-6)9(21,10(13,14)15)11(16,17)18/h2-4,21H,1H3,(H,19,20). The minimum atomic E-state index is -6.18. The smallest absolute Gasteiger partial charge is 0.369 e. The molecule has 0 saturated heterocycles. The van der Waals surface area contributed by atoms with Gasteiger partial charge in [0.05, 0.1) is 0 Å². The van der Waals surface area contributed by atoms with Gasteiger partial charge in [0.25, 0.3) is 5.60 Å². The summed E-state index contributed by atoms with van der Waals surface area (Å²) < 4.78 is 89.0. The quantitative estimate of drug-likeness (QED) is 0.823. The lowest BCUT2D eigenvalue weighted by atomic mass is 9.91. The van der Waals surface area contributed by atoms with Crippen LogP contribution in [0.15, 0.2) is 18.2 Å². The molecule has 21 heavy (non-hydrogen) atoms. The van der Waals surface area contributed by atoms with Crippen LogP contribution in [-0.2, 0) is 10.4 Å². The highest BCUT2D eigenvalue weighted by molar-refractivity contribution is 5.88. The molecule has 1 rings (SSSR count). The topological polar surface area (TPSA) is 49.3 Å². The van der Waals surface area contributed by atoms with E-state index in [1.165, 1.54) is 0 Å². The second-order valence-electron chi connectivity index (χ2n) is 4.08. The van der Waals surface area contributed by atoms with Gasteiger partial charge in [0.1, 0.15) is 5.82 Å². The van der Waals surface area contributed by atoms with E-state index in [2.05, 4.69) is 0 Å². The lowest BCUT2D eigenvalue weighted by Gasteiger charge is -2.32. The van der Waals surface area contributed by atoms with Crippen LogP contribution in [0.3, 0.4) is 0 Å². The third kappa shape index (κ3) is 3.09. The molecule has 1 aromatic carbocycles. The third-order valence-corrected chi connectivity index (χ3v) is 2.50. The van der Waals surface area contributed by atoms with Crippen LogP contribution in [0.25, 0.3) is 0 Å². The van der Waals surface area contributed by atoms with Gasteiger partial charge in [0, 0.05) is 18.2 Å². The minimum Gasteiger partial charge on any atom is -0.369 e. The first-order valence-electron chi connectivity index (χ1n) is 5.24. The Labute approximate surface area is 113 Å². The molecule has 3 nitrogen and oxygen atoms in total. The van der Waals surface area contributed by atoms with Crippen molar-refractivity contribution in [3.63, 3.8) is 0 Å². The minimum absolute atomic E-state index is 0.113. The first-order chi connectivity index (χ1) is 9.30. The number of nitrogens with one attached hydrogen (secondary N) is 1. The van der Waals surface area contributed by atoms with E-state index in [0.717, 1.165) is 6.92 Å². The van der Waals surface area contributed by atoms with E-state index < -0.39 is 35.2 Å². The van der Waals surface area contributed by atoms with Crippen LogP contribution in [-0.4, -0.2) is 23.4 Å². The lowest BCUT2D eigenvalue weighted by Crippen LogP contribution is -2.54. The van der Waals surface area contributed by atoms with Crippen LogP contribution in [0.2, 0.25) is 0 Å². The van der Waals surface area contributed by atoms with E-state index >= 15 is 0 Å². The number of hydrogen-bond donors (Lipinski definition) is 2. The Bertz CT molecular complexity index is 536. The summed E-state index contributed by atoms with van der Waals surface area (Å²) in [6.45, 7) is 1.01. The van der Waals surface area contributed by atoms with Gasteiger partial charge < -0.3 is 10.4 Å². The number of alkyl halides is 6. The van der Waals surface area contributed by atoms with Crippen LogP contribution in [0.4, 0.5) is 36.4 Å². The molecule has 0 atom stereocenters. The van der Waals surface area contributed by atoms with Gasteiger partial charge in [-0.1, -0.05) is 6.07 Å². The van der Waals surface area contributed by atoms with Gasteiger partial charge in [0.2, 0.25) is 5.91 Å². The Balaban J connectivity index is 3.45.